The number of aromatic amines is 1. The summed E-state index contributed by atoms with van der Waals surface area (Å²) in [6, 6.07) is 20.7. The summed E-state index contributed by atoms with van der Waals surface area (Å²) in [6.45, 7) is 1.94. The molecule has 0 spiro atoms. The fraction of sp³-hybridized carbons (Fsp3) is 0.115. The Hall–Kier alpha value is -3.52. The van der Waals surface area contributed by atoms with E-state index < -0.39 is 11.7 Å². The number of imidazole rings is 1. The molecule has 3 aromatic heterocycles. The lowest BCUT2D eigenvalue weighted by Crippen LogP contribution is -2.05. The van der Waals surface area contributed by atoms with E-state index in [9.17, 15) is 13.2 Å². The van der Waals surface area contributed by atoms with Gasteiger partial charge in [-0.3, -0.25) is 4.98 Å². The molecule has 5 rings (SSSR count). The highest BCUT2D eigenvalue weighted by molar-refractivity contribution is 9.10. The highest BCUT2D eigenvalue weighted by Crippen LogP contribution is 2.33. The number of alkyl halides is 3. The van der Waals surface area contributed by atoms with Gasteiger partial charge in [0.25, 0.3) is 0 Å². The number of nitrogens with zero attached hydrogens (tertiary/aromatic N) is 3. The molecule has 8 heteroatoms. The lowest BCUT2D eigenvalue weighted by molar-refractivity contribution is -0.137. The number of H-pyrrole nitrogens is 1. The van der Waals surface area contributed by atoms with Crippen LogP contribution in [0.3, 0.4) is 0 Å². The van der Waals surface area contributed by atoms with Crippen molar-refractivity contribution in [1.82, 2.24) is 19.9 Å². The molecule has 3 heterocycles. The second-order valence-corrected chi connectivity index (χ2v) is 8.80. The van der Waals surface area contributed by atoms with Gasteiger partial charge >= 0.3 is 6.18 Å². The van der Waals surface area contributed by atoms with Crippen LogP contribution in [0.4, 0.5) is 13.2 Å². The van der Waals surface area contributed by atoms with Crippen molar-refractivity contribution in [3.05, 3.63) is 100 Å². The highest BCUT2D eigenvalue weighted by atomic mass is 79.9. The zero-order chi connectivity index (χ0) is 23.9. The third-order valence-electron chi connectivity index (χ3n) is 5.45. The zero-order valence-corrected chi connectivity index (χ0v) is 19.6. The van der Waals surface area contributed by atoms with E-state index in [0.29, 0.717) is 33.1 Å². The Morgan fingerprint density at radius 3 is 2.50 bits per heavy atom. The number of halogens is 4. The number of aromatic nitrogens is 4. The van der Waals surface area contributed by atoms with Gasteiger partial charge in [0.1, 0.15) is 10.4 Å². The van der Waals surface area contributed by atoms with E-state index in [1.807, 2.05) is 55.5 Å². The Kier molecular flexibility index (Phi) is 5.69. The van der Waals surface area contributed by atoms with Crippen molar-refractivity contribution in [1.29, 1.82) is 0 Å². The smallest absolute Gasteiger partial charge is 0.340 e. The molecular formula is C26H18BrF3N4. The number of benzene rings is 2. The third kappa shape index (κ3) is 4.59. The van der Waals surface area contributed by atoms with E-state index in [2.05, 4.69) is 30.9 Å². The second kappa shape index (κ2) is 8.68. The number of hydrogen-bond acceptors (Lipinski definition) is 3. The average Bonchev–Trinajstić information content (AvgIpc) is 3.22. The molecule has 5 aromatic rings. The molecule has 2 aromatic carbocycles. The number of rotatable bonds is 4. The van der Waals surface area contributed by atoms with Crippen LogP contribution in [0.2, 0.25) is 0 Å². The number of pyridine rings is 2. The van der Waals surface area contributed by atoms with Crippen LogP contribution in [0.1, 0.15) is 22.6 Å². The summed E-state index contributed by atoms with van der Waals surface area (Å²) >= 11 is 3.41. The predicted octanol–water partition coefficient (Wildman–Crippen LogP) is 7.37. The van der Waals surface area contributed by atoms with Crippen LogP contribution in [0.25, 0.3) is 33.5 Å². The Labute approximate surface area is 202 Å². The Morgan fingerprint density at radius 2 is 1.71 bits per heavy atom. The summed E-state index contributed by atoms with van der Waals surface area (Å²) < 4.78 is 40.2. The topological polar surface area (TPSA) is 54.5 Å². The highest BCUT2D eigenvalue weighted by Gasteiger charge is 2.30. The maximum absolute atomic E-state index is 13.2. The van der Waals surface area contributed by atoms with Gasteiger partial charge in [0, 0.05) is 23.1 Å². The van der Waals surface area contributed by atoms with E-state index in [-0.39, 0.29) is 6.42 Å². The Morgan fingerprint density at radius 1 is 0.882 bits per heavy atom. The van der Waals surface area contributed by atoms with Crippen LogP contribution in [-0.2, 0) is 12.6 Å². The largest absolute Gasteiger partial charge is 0.416 e. The molecule has 0 aliphatic carbocycles. The molecule has 0 saturated carbocycles. The summed E-state index contributed by atoms with van der Waals surface area (Å²) in [5, 5.41) is 0.971. The van der Waals surface area contributed by atoms with Gasteiger partial charge in [-0.2, -0.15) is 13.2 Å². The van der Waals surface area contributed by atoms with Crippen molar-refractivity contribution in [3.63, 3.8) is 0 Å². The molecule has 0 bridgehead atoms. The molecule has 1 N–H and O–H groups in total. The molecule has 4 nitrogen and oxygen atoms in total. The van der Waals surface area contributed by atoms with Crippen molar-refractivity contribution in [2.24, 2.45) is 0 Å². The molecule has 0 aliphatic rings. The van der Waals surface area contributed by atoms with E-state index in [1.165, 1.54) is 6.07 Å². The number of aryl methyl sites for hydroxylation is 1. The van der Waals surface area contributed by atoms with Crippen molar-refractivity contribution >= 4 is 26.8 Å². The lowest BCUT2D eigenvalue weighted by Gasteiger charge is -2.07. The standard InChI is InChI=1S/C26H18BrF3N4/c1-15-8-9-17-14-18(10-11-20(17)31-15)24-25(21-6-3-7-22(27)32-21)34-23(33-24)13-16-4-2-5-19(12-16)26(28,29)30/h2-12,14H,13H2,1H3,(H,33,34). The van der Waals surface area contributed by atoms with Crippen molar-refractivity contribution in [3.8, 4) is 22.6 Å². The van der Waals surface area contributed by atoms with Gasteiger partial charge in [0.2, 0.25) is 0 Å². The second-order valence-electron chi connectivity index (χ2n) is 7.99. The van der Waals surface area contributed by atoms with Crippen molar-refractivity contribution in [2.45, 2.75) is 19.5 Å². The number of fused-ring (bicyclic) bond motifs is 1. The quantitative estimate of drug-likeness (QED) is 0.251. The van der Waals surface area contributed by atoms with E-state index in [4.69, 9.17) is 4.98 Å². The first-order valence-electron chi connectivity index (χ1n) is 10.5. The van der Waals surface area contributed by atoms with Gasteiger partial charge in [0.15, 0.2) is 0 Å². The number of nitrogens with one attached hydrogen (secondary N) is 1. The van der Waals surface area contributed by atoms with Gasteiger partial charge in [-0.15, -0.1) is 0 Å². The monoisotopic (exact) mass is 522 g/mol. The fourth-order valence-electron chi connectivity index (χ4n) is 3.87. The van der Waals surface area contributed by atoms with Crippen LogP contribution >= 0.6 is 15.9 Å². The molecule has 0 atom stereocenters. The zero-order valence-electron chi connectivity index (χ0n) is 18.0. The molecule has 0 fully saturated rings. The van der Waals surface area contributed by atoms with Gasteiger partial charge in [-0.05, 0) is 64.8 Å². The molecule has 0 saturated heterocycles. The lowest BCUT2D eigenvalue weighted by atomic mass is 10.1. The SMILES string of the molecule is Cc1ccc2cc(-c3nc(Cc4cccc(C(F)(F)F)c4)[nH]c3-c3cccc(Br)n3)ccc2n1. The molecule has 0 radical (unpaired) electrons. The minimum atomic E-state index is -4.40. The van der Waals surface area contributed by atoms with Crippen LogP contribution in [-0.4, -0.2) is 19.9 Å². The number of hydrogen-bond donors (Lipinski definition) is 1. The summed E-state index contributed by atoms with van der Waals surface area (Å²) in [5.41, 5.74) is 4.56. The maximum atomic E-state index is 13.2. The third-order valence-corrected chi connectivity index (χ3v) is 5.89. The van der Waals surface area contributed by atoms with Crippen LogP contribution in [0.5, 0.6) is 0 Å². The first-order chi connectivity index (χ1) is 16.3. The maximum Gasteiger partial charge on any atom is 0.416 e. The molecule has 34 heavy (non-hydrogen) atoms. The van der Waals surface area contributed by atoms with Crippen LogP contribution < -0.4 is 0 Å². The molecule has 0 unspecified atom stereocenters. The summed E-state index contributed by atoms with van der Waals surface area (Å²) in [7, 11) is 0. The van der Waals surface area contributed by atoms with E-state index >= 15 is 0 Å². The molecule has 0 aliphatic heterocycles. The molecular weight excluding hydrogens is 505 g/mol. The van der Waals surface area contributed by atoms with Crippen LogP contribution in [0, 0.1) is 6.92 Å². The van der Waals surface area contributed by atoms with Gasteiger partial charge in [0.05, 0.1) is 28.2 Å². The fourth-order valence-corrected chi connectivity index (χ4v) is 4.22. The summed E-state index contributed by atoms with van der Waals surface area (Å²) in [6.07, 6.45) is -4.17. The minimum absolute atomic E-state index is 0.221. The van der Waals surface area contributed by atoms with Crippen molar-refractivity contribution in [2.75, 3.05) is 0 Å². The molecule has 170 valence electrons. The first kappa shape index (κ1) is 22.3. The van der Waals surface area contributed by atoms with E-state index in [1.54, 1.807) is 6.07 Å². The van der Waals surface area contributed by atoms with Crippen molar-refractivity contribution < 1.29 is 13.2 Å². The summed E-state index contributed by atoms with van der Waals surface area (Å²) in [5.74, 6) is 0.549. The van der Waals surface area contributed by atoms with Gasteiger partial charge in [-0.25, -0.2) is 9.97 Å². The minimum Gasteiger partial charge on any atom is -0.340 e. The molecule has 0 amide bonds. The Bertz CT molecular complexity index is 1510. The van der Waals surface area contributed by atoms with Gasteiger partial charge < -0.3 is 4.98 Å². The average molecular weight is 523 g/mol. The normalized spacial score (nSPS) is 11.8. The summed E-state index contributed by atoms with van der Waals surface area (Å²) in [4.78, 5) is 17.2. The van der Waals surface area contributed by atoms with E-state index in [0.717, 1.165) is 34.3 Å². The first-order valence-corrected chi connectivity index (χ1v) is 11.3. The predicted molar refractivity (Wildman–Crippen MR) is 129 cm³/mol. The van der Waals surface area contributed by atoms with Gasteiger partial charge in [-0.1, -0.05) is 36.4 Å². The Balaban J connectivity index is 1.60. The van der Waals surface area contributed by atoms with Crippen LogP contribution in [0.15, 0.2) is 77.4 Å².